The molecule has 0 aromatic rings. The monoisotopic (exact) mass is 372 g/mol. The Morgan fingerprint density at radius 1 is 1.00 bits per heavy atom. The van der Waals surface area contributed by atoms with Crippen LogP contribution in [0.2, 0.25) is 6.04 Å². The summed E-state index contributed by atoms with van der Waals surface area (Å²) in [5.41, 5.74) is 0. The molecule has 0 unspecified atom stereocenters. The van der Waals surface area contributed by atoms with E-state index in [-0.39, 0.29) is 29.2 Å². The van der Waals surface area contributed by atoms with Crippen LogP contribution in [0.5, 0.6) is 0 Å². The Balaban J connectivity index is 0. The Bertz CT molecular complexity index is 199. The van der Waals surface area contributed by atoms with E-state index in [2.05, 4.69) is 0 Å². The fraction of sp³-hybridized carbons (Fsp3) is 0.909. The van der Waals surface area contributed by atoms with Crippen LogP contribution in [0.25, 0.3) is 0 Å². The number of carbonyl (C=O) groups is 1. The molecule has 4 nitrogen and oxygen atoms in total. The number of hydrogen-bond donors (Lipinski definition) is 1. The first-order valence-electron chi connectivity index (χ1n) is 7.06. The Kier molecular flexibility index (Phi) is 21.6. The average molecular weight is 374 g/mol. The fourth-order valence-electron chi connectivity index (χ4n) is 1.86. The Morgan fingerprint density at radius 3 is 2.05 bits per heavy atom. The molecule has 110 valence electrons. The molecule has 0 bridgehead atoms. The van der Waals surface area contributed by atoms with Gasteiger partial charge in [-0.25, -0.2) is 0 Å². The predicted molar refractivity (Wildman–Crippen MR) is 83.2 cm³/mol. The normalized spacial score (nSPS) is 11.6. The zero-order valence-electron chi connectivity index (χ0n) is 12.4. The summed E-state index contributed by atoms with van der Waals surface area (Å²) in [6, 6.07) is 1.30. The van der Waals surface area contributed by atoms with Gasteiger partial charge in [0, 0.05) is 25.9 Å². The Labute approximate surface area is 137 Å². The Morgan fingerprint density at radius 2 is 1.53 bits per heavy atom. The van der Waals surface area contributed by atoms with Crippen molar-refractivity contribution in [3.8, 4) is 0 Å². The summed E-state index contributed by atoms with van der Waals surface area (Å²) in [6.07, 6.45) is 9.95. The van der Waals surface area contributed by atoms with Gasteiger partial charge in [-0.15, -0.1) is 0 Å². The van der Waals surface area contributed by atoms with Crippen molar-refractivity contribution in [2.75, 3.05) is 0 Å². The summed E-state index contributed by atoms with van der Waals surface area (Å²) < 4.78 is 10.6. The first-order chi connectivity index (χ1) is 8.77. The van der Waals surface area contributed by atoms with Crippen molar-refractivity contribution in [2.45, 2.75) is 63.8 Å². The van der Waals surface area contributed by atoms with Crippen molar-refractivity contribution in [2.24, 2.45) is 0 Å². The fourth-order valence-corrected chi connectivity index (χ4v) is 5.87. The first kappa shape index (κ1) is 22.0. The van der Waals surface area contributed by atoms with Gasteiger partial charge in [-0.1, -0.05) is 44.9 Å². The average Bonchev–Trinajstić information content (AvgIpc) is 2.34. The van der Waals surface area contributed by atoms with Crippen LogP contribution < -0.4 is 0 Å². The molecule has 1 N–H and O–H groups in total. The van der Waals surface area contributed by atoms with Gasteiger partial charge in [0.25, 0.3) is 10.0 Å². The van der Waals surface area contributed by atoms with Gasteiger partial charge in [-0.05, 0) is 12.5 Å². The first-order valence-corrected chi connectivity index (χ1v) is 10.6. The maximum absolute atomic E-state index is 10.3. The van der Waals surface area contributed by atoms with Crippen LogP contribution in [0.4, 0.5) is 0 Å². The molecular weight excluding hydrogens is 346 g/mol. The van der Waals surface area contributed by atoms with Crippen LogP contribution in [-0.4, -0.2) is 41.3 Å². The van der Waals surface area contributed by atoms with E-state index in [9.17, 15) is 4.79 Å². The van der Waals surface area contributed by atoms with Crippen LogP contribution >= 0.6 is 0 Å². The number of unbranched alkanes of at least 4 members (excludes halogenated alkanes) is 7. The molecule has 0 aliphatic rings. The van der Waals surface area contributed by atoms with E-state index in [1.54, 1.807) is 0 Å². The van der Waals surface area contributed by atoms with Crippen molar-refractivity contribution in [3.63, 3.8) is 0 Å². The minimum atomic E-state index is -0.666. The molecule has 0 aromatic heterocycles. The van der Waals surface area contributed by atoms with Crippen LogP contribution in [0.15, 0.2) is 0 Å². The van der Waals surface area contributed by atoms with Crippen molar-refractivity contribution < 1.29 is 37.6 Å². The summed E-state index contributed by atoms with van der Waals surface area (Å²) in [4.78, 5) is 10.3. The van der Waals surface area contributed by atoms with Crippen LogP contribution in [-0.2, 0) is 32.5 Å². The quantitative estimate of drug-likeness (QED) is 0.353. The maximum atomic E-state index is 10.3. The maximum Gasteiger partial charge on any atom is 0.303 e. The number of carboxylic acids is 1. The van der Waals surface area contributed by atoms with E-state index in [0.29, 0.717) is 6.42 Å². The van der Waals surface area contributed by atoms with Crippen molar-refractivity contribution in [1.29, 1.82) is 0 Å². The number of rotatable bonds is 14. The van der Waals surface area contributed by atoms with Gasteiger partial charge in [0.05, 0.1) is 0 Å². The molecule has 0 heterocycles. The van der Waals surface area contributed by atoms with E-state index in [4.69, 9.17) is 13.3 Å². The largest absolute Gasteiger partial charge is 0.481 e. The smallest absolute Gasteiger partial charge is 0.303 e. The topological polar surface area (TPSA) is 55.8 Å². The summed E-state index contributed by atoms with van der Waals surface area (Å²) >= 11 is 0. The molecule has 8 heteroatoms. The molecule has 0 rings (SSSR count). The van der Waals surface area contributed by atoms with Gasteiger partial charge >= 0.3 is 5.97 Å². The van der Waals surface area contributed by atoms with Gasteiger partial charge < -0.3 is 13.3 Å². The van der Waals surface area contributed by atoms with E-state index in [1.165, 1.54) is 44.6 Å². The van der Waals surface area contributed by atoms with Gasteiger partial charge in [-0.2, -0.15) is 0 Å². The number of hydrogen-bond acceptors (Lipinski definition) is 3. The molecule has 0 aliphatic carbocycles. The minimum Gasteiger partial charge on any atom is -0.481 e. The molecule has 0 saturated heterocycles. The third-order valence-electron chi connectivity index (χ3n) is 2.88. The van der Waals surface area contributed by atoms with E-state index < -0.39 is 16.0 Å². The standard InChI is InChI=1S/C11H28O4Si3.Zn/c12-11(13)9-7-5-3-1-2-4-6-8-10-17-15-18-14-16;/h1-10,17-18H2,16H3,(H,12,13);. The molecule has 0 spiro atoms. The molecule has 0 atom stereocenters. The summed E-state index contributed by atoms with van der Waals surface area (Å²) in [5.74, 6) is -0.666. The summed E-state index contributed by atoms with van der Waals surface area (Å²) in [5, 5.41) is 8.48. The van der Waals surface area contributed by atoms with Crippen LogP contribution in [0, 0.1) is 0 Å². The molecule has 0 aliphatic heterocycles. The minimum absolute atomic E-state index is 0. The molecule has 0 fully saturated rings. The van der Waals surface area contributed by atoms with Crippen LogP contribution in [0.1, 0.15) is 57.8 Å². The second-order valence-electron chi connectivity index (χ2n) is 4.64. The molecule has 19 heavy (non-hydrogen) atoms. The zero-order valence-corrected chi connectivity index (χ0v) is 20.2. The van der Waals surface area contributed by atoms with Gasteiger partial charge in [0.15, 0.2) is 0 Å². The van der Waals surface area contributed by atoms with E-state index in [1.807, 2.05) is 0 Å². The second kappa shape index (κ2) is 18.7. The van der Waals surface area contributed by atoms with Crippen molar-refractivity contribution in [1.82, 2.24) is 0 Å². The van der Waals surface area contributed by atoms with Crippen molar-refractivity contribution >= 4 is 36.2 Å². The zero-order chi connectivity index (χ0) is 13.5. The van der Waals surface area contributed by atoms with Gasteiger partial charge in [0.2, 0.25) is 0 Å². The van der Waals surface area contributed by atoms with Crippen molar-refractivity contribution in [3.05, 3.63) is 0 Å². The van der Waals surface area contributed by atoms with E-state index >= 15 is 0 Å². The van der Waals surface area contributed by atoms with Gasteiger partial charge in [-0.3, -0.25) is 4.79 Å². The number of aliphatic carboxylic acids is 1. The molecule has 0 aromatic carbocycles. The van der Waals surface area contributed by atoms with E-state index in [0.717, 1.165) is 23.3 Å². The van der Waals surface area contributed by atoms with Gasteiger partial charge in [0.1, 0.15) is 20.2 Å². The summed E-state index contributed by atoms with van der Waals surface area (Å²) in [7, 11) is 0.0218. The molecular formula is C11H28O4Si3Zn. The second-order valence-corrected chi connectivity index (χ2v) is 9.93. The third kappa shape index (κ3) is 21.1. The summed E-state index contributed by atoms with van der Waals surface area (Å²) in [6.45, 7) is 0. The molecule has 0 radical (unpaired) electrons. The predicted octanol–water partition coefficient (Wildman–Crippen LogP) is 0.394. The molecule has 0 saturated carbocycles. The molecule has 0 amide bonds. The number of carboxylic acid groups (broad SMARTS) is 1. The van der Waals surface area contributed by atoms with Crippen LogP contribution in [0.3, 0.4) is 0 Å². The SMILES string of the molecule is O=C(O)CCCCCCCCCC[SiH2]O[SiH2]O[SiH3].[Zn]. The Hall–Kier alpha value is 0.664. The third-order valence-corrected chi connectivity index (χ3v) is 6.43.